The van der Waals surface area contributed by atoms with Crippen molar-refractivity contribution in [3.63, 3.8) is 0 Å². The summed E-state index contributed by atoms with van der Waals surface area (Å²) >= 11 is 6.49. The molecule has 0 bridgehead atoms. The van der Waals surface area contributed by atoms with Crippen molar-refractivity contribution in [1.29, 1.82) is 0 Å². The van der Waals surface area contributed by atoms with Crippen molar-refractivity contribution >= 4 is 49.8 Å². The van der Waals surface area contributed by atoms with E-state index in [4.69, 9.17) is 14.2 Å². The summed E-state index contributed by atoms with van der Waals surface area (Å²) in [4.78, 5) is 35.6. The number of ether oxygens (including phenoxy) is 3. The fourth-order valence-corrected chi connectivity index (χ4v) is 3.10. The molecule has 0 aromatic heterocycles. The first-order valence-corrected chi connectivity index (χ1v) is 9.79. The molecule has 2 atom stereocenters. The third-order valence-electron chi connectivity index (χ3n) is 3.57. The minimum atomic E-state index is -1.04. The molecule has 24 heavy (non-hydrogen) atoms. The normalized spacial score (nSPS) is 15.8. The van der Waals surface area contributed by atoms with E-state index in [-0.39, 0.29) is 44.6 Å². The molecule has 0 spiro atoms. The molecular weight excluding hydrogens is 448 g/mol. The van der Waals surface area contributed by atoms with Gasteiger partial charge < -0.3 is 14.2 Å². The number of hydrogen-bond donors (Lipinski definition) is 0. The van der Waals surface area contributed by atoms with Crippen LogP contribution < -0.4 is 0 Å². The van der Waals surface area contributed by atoms with Gasteiger partial charge in [-0.2, -0.15) is 0 Å². The Morgan fingerprint density at radius 1 is 0.958 bits per heavy atom. The maximum atomic E-state index is 12.2. The Morgan fingerprint density at radius 3 is 2.04 bits per heavy atom. The predicted molar refractivity (Wildman–Crippen MR) is 97.3 cm³/mol. The van der Waals surface area contributed by atoms with Crippen molar-refractivity contribution in [1.82, 2.24) is 0 Å². The van der Waals surface area contributed by atoms with E-state index in [1.54, 1.807) is 20.8 Å². The molecule has 0 rings (SSSR count). The van der Waals surface area contributed by atoms with Gasteiger partial charge in [-0.1, -0.05) is 38.8 Å². The molecule has 2 unspecified atom stereocenters. The third kappa shape index (κ3) is 7.96. The lowest BCUT2D eigenvalue weighted by Gasteiger charge is -2.32. The van der Waals surface area contributed by atoms with Crippen molar-refractivity contribution in [2.75, 3.05) is 25.2 Å². The lowest BCUT2D eigenvalue weighted by atomic mass is 9.79. The van der Waals surface area contributed by atoms with Crippen LogP contribution in [0.25, 0.3) is 0 Å². The second kappa shape index (κ2) is 11.1. The van der Waals surface area contributed by atoms with Crippen LogP contribution in [0.3, 0.4) is 0 Å². The second-order valence-corrected chi connectivity index (χ2v) is 8.35. The van der Waals surface area contributed by atoms with Crippen molar-refractivity contribution in [3.05, 3.63) is 0 Å². The molecule has 0 aromatic carbocycles. The Bertz CT molecular complexity index is 438. The average molecular weight is 474 g/mol. The SMILES string of the molecule is CCOC(=O)C(C)(CC)CC(C)(Br)C(=O)OCCOC(=O)CCBr. The Hall–Kier alpha value is -0.630. The summed E-state index contributed by atoms with van der Waals surface area (Å²) in [5.74, 6) is -1.21. The zero-order valence-corrected chi connectivity index (χ0v) is 17.8. The molecule has 0 radical (unpaired) electrons. The Labute approximate surface area is 160 Å². The smallest absolute Gasteiger partial charge is 0.322 e. The maximum absolute atomic E-state index is 12.2. The van der Waals surface area contributed by atoms with Gasteiger partial charge in [0.1, 0.15) is 17.5 Å². The molecule has 0 N–H and O–H groups in total. The molecule has 0 saturated heterocycles. The minimum absolute atomic E-state index is 0.00355. The van der Waals surface area contributed by atoms with Gasteiger partial charge in [-0.05, 0) is 33.6 Å². The van der Waals surface area contributed by atoms with Crippen molar-refractivity contribution < 1.29 is 28.6 Å². The van der Waals surface area contributed by atoms with Crippen LogP contribution in [0.5, 0.6) is 0 Å². The van der Waals surface area contributed by atoms with E-state index in [9.17, 15) is 14.4 Å². The minimum Gasteiger partial charge on any atom is -0.466 e. The van der Waals surface area contributed by atoms with Gasteiger partial charge in [0.05, 0.1) is 18.4 Å². The van der Waals surface area contributed by atoms with Crippen LogP contribution in [0.15, 0.2) is 0 Å². The zero-order chi connectivity index (χ0) is 18.8. The molecular formula is C16H26Br2O6. The second-order valence-electron chi connectivity index (χ2n) is 5.80. The molecule has 0 aliphatic carbocycles. The van der Waals surface area contributed by atoms with E-state index in [0.29, 0.717) is 11.8 Å². The standard InChI is InChI=1S/C16H26Br2O6/c1-5-15(3,13(20)22-6-2)11-16(4,18)14(21)24-10-9-23-12(19)7-8-17/h5-11H2,1-4H3. The summed E-state index contributed by atoms with van der Waals surface area (Å²) in [5.41, 5.74) is -0.796. The number of alkyl halides is 2. The third-order valence-corrected chi connectivity index (χ3v) is 4.58. The van der Waals surface area contributed by atoms with Gasteiger partial charge >= 0.3 is 17.9 Å². The molecule has 0 heterocycles. The van der Waals surface area contributed by atoms with Gasteiger partial charge in [0.2, 0.25) is 0 Å². The summed E-state index contributed by atoms with van der Waals surface area (Å²) in [6.45, 7) is 7.29. The summed E-state index contributed by atoms with van der Waals surface area (Å²) in [7, 11) is 0. The van der Waals surface area contributed by atoms with E-state index < -0.39 is 15.7 Å². The number of halogens is 2. The fourth-order valence-electron chi connectivity index (χ4n) is 2.04. The molecule has 140 valence electrons. The van der Waals surface area contributed by atoms with Crippen LogP contribution in [0, 0.1) is 5.41 Å². The quantitative estimate of drug-likeness (QED) is 0.198. The summed E-state index contributed by atoms with van der Waals surface area (Å²) in [6, 6.07) is 0. The summed E-state index contributed by atoms with van der Waals surface area (Å²) < 4.78 is 14.1. The van der Waals surface area contributed by atoms with Gasteiger partial charge in [0, 0.05) is 5.33 Å². The fraction of sp³-hybridized carbons (Fsp3) is 0.812. The summed E-state index contributed by atoms with van der Waals surface area (Å²) in [6.07, 6.45) is 1.03. The highest BCUT2D eigenvalue weighted by molar-refractivity contribution is 9.10. The zero-order valence-electron chi connectivity index (χ0n) is 14.7. The van der Waals surface area contributed by atoms with Gasteiger partial charge in [0.15, 0.2) is 0 Å². The lowest BCUT2D eigenvalue weighted by Crippen LogP contribution is -2.41. The highest BCUT2D eigenvalue weighted by atomic mass is 79.9. The van der Waals surface area contributed by atoms with Crippen LogP contribution in [-0.2, 0) is 28.6 Å². The van der Waals surface area contributed by atoms with E-state index >= 15 is 0 Å². The van der Waals surface area contributed by atoms with Crippen molar-refractivity contribution in [2.45, 2.75) is 51.3 Å². The molecule has 0 saturated carbocycles. The van der Waals surface area contributed by atoms with E-state index in [1.807, 2.05) is 6.92 Å². The van der Waals surface area contributed by atoms with Gasteiger partial charge in [-0.15, -0.1) is 0 Å². The average Bonchev–Trinajstić information content (AvgIpc) is 2.51. The van der Waals surface area contributed by atoms with Crippen LogP contribution in [0.1, 0.15) is 47.0 Å². The number of esters is 3. The molecule has 0 aromatic rings. The van der Waals surface area contributed by atoms with Gasteiger partial charge in [0.25, 0.3) is 0 Å². The van der Waals surface area contributed by atoms with Crippen LogP contribution in [0.4, 0.5) is 0 Å². The molecule has 8 heteroatoms. The van der Waals surface area contributed by atoms with Crippen molar-refractivity contribution in [3.8, 4) is 0 Å². The highest BCUT2D eigenvalue weighted by Crippen LogP contribution is 2.38. The Morgan fingerprint density at radius 2 is 1.54 bits per heavy atom. The number of rotatable bonds is 11. The molecule has 6 nitrogen and oxygen atoms in total. The number of hydrogen-bond acceptors (Lipinski definition) is 6. The first kappa shape index (κ1) is 23.4. The maximum Gasteiger partial charge on any atom is 0.322 e. The number of carbonyl (C=O) groups is 3. The number of carbonyl (C=O) groups excluding carboxylic acids is 3. The molecule has 0 aliphatic rings. The van der Waals surface area contributed by atoms with Crippen LogP contribution >= 0.6 is 31.9 Å². The lowest BCUT2D eigenvalue weighted by molar-refractivity contribution is -0.158. The molecule has 0 aliphatic heterocycles. The monoisotopic (exact) mass is 472 g/mol. The Kier molecular flexibility index (Phi) is 10.8. The Balaban J connectivity index is 4.55. The molecule has 0 amide bonds. The molecule has 0 fully saturated rings. The van der Waals surface area contributed by atoms with Gasteiger partial charge in [-0.25, -0.2) is 0 Å². The first-order chi connectivity index (χ1) is 11.1. The first-order valence-electron chi connectivity index (χ1n) is 7.88. The van der Waals surface area contributed by atoms with Crippen LogP contribution in [0.2, 0.25) is 0 Å². The largest absolute Gasteiger partial charge is 0.466 e. The summed E-state index contributed by atoms with van der Waals surface area (Å²) in [5, 5.41) is 0.522. The topological polar surface area (TPSA) is 78.9 Å². The van der Waals surface area contributed by atoms with E-state index in [1.165, 1.54) is 0 Å². The predicted octanol–water partition coefficient (Wildman–Crippen LogP) is 3.38. The van der Waals surface area contributed by atoms with Gasteiger partial charge in [-0.3, -0.25) is 14.4 Å². The van der Waals surface area contributed by atoms with E-state index in [0.717, 1.165) is 0 Å². The highest BCUT2D eigenvalue weighted by Gasteiger charge is 2.44. The van der Waals surface area contributed by atoms with E-state index in [2.05, 4.69) is 31.9 Å². The van der Waals surface area contributed by atoms with Crippen molar-refractivity contribution in [2.24, 2.45) is 5.41 Å². The van der Waals surface area contributed by atoms with Crippen LogP contribution in [-0.4, -0.2) is 47.4 Å².